The minimum Gasteiger partial charge on any atom is -0.0622 e. The van der Waals surface area contributed by atoms with Crippen molar-refractivity contribution in [2.45, 2.75) is 5.41 Å². The van der Waals surface area contributed by atoms with Gasteiger partial charge in [-0.2, -0.15) is 0 Å². The highest BCUT2D eigenvalue weighted by molar-refractivity contribution is 6.25. The molecule has 2 aliphatic carbocycles. The van der Waals surface area contributed by atoms with Gasteiger partial charge in [0.15, 0.2) is 0 Å². The van der Waals surface area contributed by atoms with Gasteiger partial charge in [-0.25, -0.2) is 0 Å². The minimum atomic E-state index is -0.435. The van der Waals surface area contributed by atoms with E-state index in [-0.39, 0.29) is 0 Å². The summed E-state index contributed by atoms with van der Waals surface area (Å²) in [4.78, 5) is 0. The molecule has 0 nitrogen and oxygen atoms in total. The van der Waals surface area contributed by atoms with Crippen molar-refractivity contribution in [2.24, 2.45) is 0 Å². The van der Waals surface area contributed by atoms with Crippen LogP contribution in [0.15, 0.2) is 182 Å². The SMILES string of the molecule is c1ccc(-c2cccc3cc4c(cc23)C2(c3ccccc3-c3ccccc32)c2cc(-c3ccc5ccc6cccc7ccc3c5c67)ccc2-4)cc1. The highest BCUT2D eigenvalue weighted by Gasteiger charge is 2.51. The lowest BCUT2D eigenvalue weighted by Crippen LogP contribution is -2.26. The smallest absolute Gasteiger partial charge is 0.0622 e. The van der Waals surface area contributed by atoms with Crippen molar-refractivity contribution < 1.29 is 0 Å². The van der Waals surface area contributed by atoms with Crippen LogP contribution in [0.4, 0.5) is 0 Å². The maximum absolute atomic E-state index is 2.53. The van der Waals surface area contributed by atoms with Gasteiger partial charge in [0.2, 0.25) is 0 Å². The summed E-state index contributed by atoms with van der Waals surface area (Å²) in [5, 5.41) is 10.5. The zero-order valence-electron chi connectivity index (χ0n) is 27.8. The molecular weight excluding hydrogens is 613 g/mol. The third-order valence-electron chi connectivity index (χ3n) is 12.0. The lowest BCUT2D eigenvalue weighted by atomic mass is 9.70. The minimum absolute atomic E-state index is 0.435. The first-order valence-corrected chi connectivity index (χ1v) is 17.9. The second kappa shape index (κ2) is 9.81. The average molecular weight is 643 g/mol. The Morgan fingerprint density at radius 3 is 1.59 bits per heavy atom. The quantitative estimate of drug-likeness (QED) is 0.165. The number of hydrogen-bond acceptors (Lipinski definition) is 0. The lowest BCUT2D eigenvalue weighted by Gasteiger charge is -2.31. The molecule has 0 heterocycles. The van der Waals surface area contributed by atoms with E-state index in [4.69, 9.17) is 0 Å². The van der Waals surface area contributed by atoms with Crippen LogP contribution in [0.3, 0.4) is 0 Å². The topological polar surface area (TPSA) is 0 Å². The highest BCUT2D eigenvalue weighted by atomic mass is 14.5. The summed E-state index contributed by atoms with van der Waals surface area (Å²) in [7, 11) is 0. The van der Waals surface area contributed by atoms with Gasteiger partial charge in [0.25, 0.3) is 0 Å². The first kappa shape index (κ1) is 27.3. The molecule has 51 heavy (non-hydrogen) atoms. The average Bonchev–Trinajstić information content (AvgIpc) is 3.65. The normalized spacial score (nSPS) is 13.6. The van der Waals surface area contributed by atoms with Crippen molar-refractivity contribution in [1.29, 1.82) is 0 Å². The van der Waals surface area contributed by atoms with E-state index in [9.17, 15) is 0 Å². The maximum Gasteiger partial charge on any atom is 0.0725 e. The predicted octanol–water partition coefficient (Wildman–Crippen LogP) is 13.4. The molecule has 12 rings (SSSR count). The molecule has 0 saturated carbocycles. The molecule has 0 fully saturated rings. The maximum atomic E-state index is 2.53. The molecule has 0 bridgehead atoms. The van der Waals surface area contributed by atoms with Crippen LogP contribution in [0, 0.1) is 0 Å². The Hall–Kier alpha value is -6.50. The van der Waals surface area contributed by atoms with E-state index >= 15 is 0 Å². The van der Waals surface area contributed by atoms with Gasteiger partial charge in [-0.15, -0.1) is 0 Å². The Kier molecular flexibility index (Phi) is 5.26. The van der Waals surface area contributed by atoms with E-state index in [2.05, 4.69) is 182 Å². The van der Waals surface area contributed by atoms with Gasteiger partial charge in [0.05, 0.1) is 5.41 Å². The molecule has 0 atom stereocenters. The Balaban J connectivity index is 1.19. The number of hydrogen-bond donors (Lipinski definition) is 0. The van der Waals surface area contributed by atoms with Crippen LogP contribution >= 0.6 is 0 Å². The zero-order chi connectivity index (χ0) is 33.3. The summed E-state index contributed by atoms with van der Waals surface area (Å²) in [6.45, 7) is 0. The first-order chi connectivity index (χ1) is 25.3. The zero-order valence-corrected chi connectivity index (χ0v) is 27.8. The second-order valence-electron chi connectivity index (χ2n) is 14.4. The van der Waals surface area contributed by atoms with Crippen molar-refractivity contribution >= 4 is 43.1 Å². The molecule has 10 aromatic carbocycles. The molecule has 1 spiro atoms. The van der Waals surface area contributed by atoms with E-state index in [0.29, 0.717) is 0 Å². The summed E-state index contributed by atoms with van der Waals surface area (Å²) in [5.74, 6) is 0. The molecule has 0 N–H and O–H groups in total. The summed E-state index contributed by atoms with van der Waals surface area (Å²) in [5.41, 5.74) is 15.4. The fourth-order valence-electron chi connectivity index (χ4n) is 9.93. The van der Waals surface area contributed by atoms with Crippen molar-refractivity contribution in [1.82, 2.24) is 0 Å². The van der Waals surface area contributed by atoms with Crippen LogP contribution in [0.5, 0.6) is 0 Å². The van der Waals surface area contributed by atoms with Gasteiger partial charge >= 0.3 is 0 Å². The monoisotopic (exact) mass is 642 g/mol. The third-order valence-corrected chi connectivity index (χ3v) is 12.0. The predicted molar refractivity (Wildman–Crippen MR) is 215 cm³/mol. The van der Waals surface area contributed by atoms with E-state index in [1.807, 2.05) is 0 Å². The molecule has 0 unspecified atom stereocenters. The molecular formula is C51H30. The second-order valence-corrected chi connectivity index (χ2v) is 14.4. The standard InChI is InChI=1S/C51H30/c1-2-10-31(11-3-1)37-17-9-14-35-28-44-41-26-24-36(38-25-22-34-21-20-32-12-8-13-33-23-27-42(38)50(34)49(32)33)29-47(41)51(48(44)30-43(35)37)45-18-6-4-15-39(45)40-16-5-7-19-46(40)51/h1-30H. The first-order valence-electron chi connectivity index (χ1n) is 17.9. The van der Waals surface area contributed by atoms with E-state index in [1.54, 1.807) is 0 Å². The van der Waals surface area contributed by atoms with Crippen LogP contribution in [-0.4, -0.2) is 0 Å². The molecule has 0 aliphatic heterocycles. The number of rotatable bonds is 2. The van der Waals surface area contributed by atoms with Gasteiger partial charge in [-0.05, 0) is 128 Å². The van der Waals surface area contributed by atoms with Crippen molar-refractivity contribution in [3.8, 4) is 44.5 Å². The molecule has 0 saturated heterocycles. The van der Waals surface area contributed by atoms with Gasteiger partial charge in [-0.3, -0.25) is 0 Å². The fraction of sp³-hybridized carbons (Fsp3) is 0.0196. The Bertz CT molecular complexity index is 3010. The summed E-state index contributed by atoms with van der Waals surface area (Å²) < 4.78 is 0. The van der Waals surface area contributed by atoms with E-state index in [1.165, 1.54) is 110 Å². The van der Waals surface area contributed by atoms with Gasteiger partial charge in [0, 0.05) is 0 Å². The Morgan fingerprint density at radius 2 is 0.804 bits per heavy atom. The fourth-order valence-corrected chi connectivity index (χ4v) is 9.93. The third kappa shape index (κ3) is 3.44. The largest absolute Gasteiger partial charge is 0.0725 e. The van der Waals surface area contributed by atoms with Crippen LogP contribution in [0.25, 0.3) is 87.6 Å². The van der Waals surface area contributed by atoms with Crippen LogP contribution in [0.1, 0.15) is 22.3 Å². The van der Waals surface area contributed by atoms with Gasteiger partial charge < -0.3 is 0 Å². The molecule has 234 valence electrons. The summed E-state index contributed by atoms with van der Waals surface area (Å²) in [6.07, 6.45) is 0. The van der Waals surface area contributed by atoms with Crippen LogP contribution in [0.2, 0.25) is 0 Å². The molecule has 0 amide bonds. The summed E-state index contributed by atoms with van der Waals surface area (Å²) in [6, 6.07) is 68.7. The lowest BCUT2D eigenvalue weighted by molar-refractivity contribution is 0.795. The highest BCUT2D eigenvalue weighted by Crippen LogP contribution is 2.64. The Morgan fingerprint density at radius 1 is 0.255 bits per heavy atom. The number of fused-ring (bicyclic) bond motifs is 11. The molecule has 0 radical (unpaired) electrons. The molecule has 0 heteroatoms. The van der Waals surface area contributed by atoms with Crippen molar-refractivity contribution in [2.75, 3.05) is 0 Å². The summed E-state index contributed by atoms with van der Waals surface area (Å²) >= 11 is 0. The van der Waals surface area contributed by atoms with Crippen LogP contribution in [-0.2, 0) is 5.41 Å². The molecule has 0 aromatic heterocycles. The van der Waals surface area contributed by atoms with Crippen molar-refractivity contribution in [3.63, 3.8) is 0 Å². The van der Waals surface area contributed by atoms with E-state index < -0.39 is 5.41 Å². The van der Waals surface area contributed by atoms with Gasteiger partial charge in [0.1, 0.15) is 0 Å². The van der Waals surface area contributed by atoms with E-state index in [0.717, 1.165) is 0 Å². The Labute approximate surface area is 296 Å². The molecule has 10 aromatic rings. The number of benzene rings is 10. The van der Waals surface area contributed by atoms with Crippen LogP contribution < -0.4 is 0 Å². The van der Waals surface area contributed by atoms with Gasteiger partial charge in [-0.1, -0.05) is 164 Å². The van der Waals surface area contributed by atoms with Crippen molar-refractivity contribution in [3.05, 3.63) is 204 Å². The molecule has 2 aliphatic rings.